The Bertz CT molecular complexity index is 508. The van der Waals surface area contributed by atoms with Crippen molar-refractivity contribution in [3.05, 3.63) is 29.8 Å². The second-order valence-corrected chi connectivity index (χ2v) is 6.21. The van der Waals surface area contributed by atoms with Gasteiger partial charge in [-0.2, -0.15) is 0 Å². The van der Waals surface area contributed by atoms with E-state index in [4.69, 9.17) is 5.11 Å². The standard InChI is InChI=1S/C13H19NO4S/c1-2-4-11-6-8-12(9-7-11)14-19(17,18)10-3-5-13(15)16/h6-9,14H,2-5,10H2,1H3,(H,15,16). The molecular formula is C13H19NO4S. The third-order valence-electron chi connectivity index (χ3n) is 2.57. The van der Waals surface area contributed by atoms with Gasteiger partial charge in [-0.3, -0.25) is 9.52 Å². The van der Waals surface area contributed by atoms with Crippen molar-refractivity contribution >= 4 is 21.7 Å². The summed E-state index contributed by atoms with van der Waals surface area (Å²) >= 11 is 0. The first-order chi connectivity index (χ1) is 8.93. The molecule has 0 bridgehead atoms. The van der Waals surface area contributed by atoms with Crippen molar-refractivity contribution in [1.82, 2.24) is 0 Å². The first-order valence-corrected chi connectivity index (χ1v) is 7.89. The summed E-state index contributed by atoms with van der Waals surface area (Å²) in [4.78, 5) is 10.3. The van der Waals surface area contributed by atoms with Crippen LogP contribution in [0.3, 0.4) is 0 Å². The molecule has 0 unspecified atom stereocenters. The molecule has 1 rings (SSSR count). The van der Waals surface area contributed by atoms with Gasteiger partial charge < -0.3 is 5.11 Å². The van der Waals surface area contributed by atoms with E-state index in [2.05, 4.69) is 11.6 Å². The Labute approximate surface area is 113 Å². The SMILES string of the molecule is CCCc1ccc(NS(=O)(=O)CCCC(=O)O)cc1. The first-order valence-electron chi connectivity index (χ1n) is 6.24. The fourth-order valence-electron chi connectivity index (χ4n) is 1.67. The van der Waals surface area contributed by atoms with Gasteiger partial charge in [-0.25, -0.2) is 8.42 Å². The molecular weight excluding hydrogens is 266 g/mol. The number of carbonyl (C=O) groups is 1. The highest BCUT2D eigenvalue weighted by atomic mass is 32.2. The van der Waals surface area contributed by atoms with Crippen LogP contribution < -0.4 is 4.72 Å². The second-order valence-electron chi connectivity index (χ2n) is 4.37. The van der Waals surface area contributed by atoms with E-state index in [0.29, 0.717) is 5.69 Å². The second kappa shape index (κ2) is 7.13. The molecule has 0 atom stereocenters. The number of hydrogen-bond acceptors (Lipinski definition) is 3. The number of nitrogens with one attached hydrogen (secondary N) is 1. The molecule has 106 valence electrons. The molecule has 2 N–H and O–H groups in total. The van der Waals surface area contributed by atoms with Crippen LogP contribution in [0.2, 0.25) is 0 Å². The summed E-state index contributed by atoms with van der Waals surface area (Å²) in [6, 6.07) is 7.22. The predicted octanol–water partition coefficient (Wildman–Crippen LogP) is 2.25. The number of aliphatic carboxylic acids is 1. The van der Waals surface area contributed by atoms with Crippen LogP contribution in [0.15, 0.2) is 24.3 Å². The Hall–Kier alpha value is -1.56. The molecule has 0 amide bonds. The summed E-state index contributed by atoms with van der Waals surface area (Å²) in [6.45, 7) is 2.08. The lowest BCUT2D eigenvalue weighted by Crippen LogP contribution is -2.17. The molecule has 0 spiro atoms. The summed E-state index contributed by atoms with van der Waals surface area (Å²) in [5.41, 5.74) is 1.67. The average Bonchev–Trinajstić information content (AvgIpc) is 2.31. The normalized spacial score (nSPS) is 11.2. The Morgan fingerprint density at radius 3 is 2.42 bits per heavy atom. The molecule has 0 saturated carbocycles. The summed E-state index contributed by atoms with van der Waals surface area (Å²) in [5.74, 6) is -1.17. The van der Waals surface area contributed by atoms with Gasteiger partial charge in [0.1, 0.15) is 0 Å². The van der Waals surface area contributed by atoms with Gasteiger partial charge in [0.15, 0.2) is 0 Å². The first kappa shape index (κ1) is 15.5. The number of hydrogen-bond donors (Lipinski definition) is 2. The molecule has 1 aromatic carbocycles. The molecule has 0 radical (unpaired) electrons. The highest BCUT2D eigenvalue weighted by Crippen LogP contribution is 2.13. The highest BCUT2D eigenvalue weighted by molar-refractivity contribution is 7.92. The summed E-state index contributed by atoms with van der Waals surface area (Å²) in [5, 5.41) is 8.47. The zero-order valence-electron chi connectivity index (χ0n) is 10.9. The highest BCUT2D eigenvalue weighted by Gasteiger charge is 2.11. The molecule has 0 fully saturated rings. The minimum atomic E-state index is -3.47. The van der Waals surface area contributed by atoms with Gasteiger partial charge in [0.05, 0.1) is 5.75 Å². The number of sulfonamides is 1. The van der Waals surface area contributed by atoms with Crippen molar-refractivity contribution in [2.45, 2.75) is 32.6 Å². The Balaban J connectivity index is 2.55. The fraction of sp³-hybridized carbons (Fsp3) is 0.462. The Morgan fingerprint density at radius 1 is 1.26 bits per heavy atom. The predicted molar refractivity (Wildman–Crippen MR) is 74.7 cm³/mol. The number of carboxylic acids is 1. The van der Waals surface area contributed by atoms with E-state index in [-0.39, 0.29) is 18.6 Å². The molecule has 1 aromatic rings. The summed E-state index contributed by atoms with van der Waals surface area (Å²) in [7, 11) is -3.47. The van der Waals surface area contributed by atoms with Gasteiger partial charge in [-0.15, -0.1) is 0 Å². The zero-order chi connectivity index (χ0) is 14.3. The number of anilines is 1. The van der Waals surface area contributed by atoms with Crippen molar-refractivity contribution in [2.24, 2.45) is 0 Å². The smallest absolute Gasteiger partial charge is 0.303 e. The van der Waals surface area contributed by atoms with E-state index in [1.807, 2.05) is 12.1 Å². The van der Waals surface area contributed by atoms with Crippen molar-refractivity contribution in [2.75, 3.05) is 10.5 Å². The van der Waals surface area contributed by atoms with Gasteiger partial charge in [-0.05, 0) is 30.5 Å². The molecule has 0 aromatic heterocycles. The van der Waals surface area contributed by atoms with E-state index < -0.39 is 16.0 Å². The van der Waals surface area contributed by atoms with E-state index >= 15 is 0 Å². The van der Waals surface area contributed by atoms with Crippen molar-refractivity contribution in [1.29, 1.82) is 0 Å². The largest absolute Gasteiger partial charge is 0.481 e. The van der Waals surface area contributed by atoms with Crippen LogP contribution in [0.25, 0.3) is 0 Å². The lowest BCUT2D eigenvalue weighted by Gasteiger charge is -2.08. The van der Waals surface area contributed by atoms with Crippen LogP contribution in [0, 0.1) is 0 Å². The minimum absolute atomic E-state index is 0.110. The van der Waals surface area contributed by atoms with Crippen LogP contribution in [0.1, 0.15) is 31.7 Å². The van der Waals surface area contributed by atoms with Crippen LogP contribution in [0.4, 0.5) is 5.69 Å². The van der Waals surface area contributed by atoms with Crippen LogP contribution in [-0.2, 0) is 21.2 Å². The average molecular weight is 285 g/mol. The molecule has 0 saturated heterocycles. The summed E-state index contributed by atoms with van der Waals surface area (Å²) < 4.78 is 25.8. The molecule has 5 nitrogen and oxygen atoms in total. The number of rotatable bonds is 8. The van der Waals surface area contributed by atoms with E-state index in [1.54, 1.807) is 12.1 Å². The van der Waals surface area contributed by atoms with Gasteiger partial charge >= 0.3 is 5.97 Å². The molecule has 19 heavy (non-hydrogen) atoms. The Morgan fingerprint density at radius 2 is 1.89 bits per heavy atom. The van der Waals surface area contributed by atoms with Crippen LogP contribution in [-0.4, -0.2) is 25.2 Å². The maximum absolute atomic E-state index is 11.7. The van der Waals surface area contributed by atoms with Crippen molar-refractivity contribution < 1.29 is 18.3 Å². The Kier molecular flexibility index (Phi) is 5.82. The quantitative estimate of drug-likeness (QED) is 0.767. The maximum atomic E-state index is 11.7. The third-order valence-corrected chi connectivity index (χ3v) is 3.94. The van der Waals surface area contributed by atoms with E-state index in [0.717, 1.165) is 18.4 Å². The molecule has 0 aliphatic carbocycles. The molecule has 6 heteroatoms. The number of aryl methyl sites for hydroxylation is 1. The number of carboxylic acid groups (broad SMARTS) is 1. The van der Waals surface area contributed by atoms with Crippen LogP contribution >= 0.6 is 0 Å². The van der Waals surface area contributed by atoms with E-state index in [1.165, 1.54) is 0 Å². The van der Waals surface area contributed by atoms with Gasteiger partial charge in [0.2, 0.25) is 10.0 Å². The maximum Gasteiger partial charge on any atom is 0.303 e. The minimum Gasteiger partial charge on any atom is -0.481 e. The third kappa shape index (κ3) is 6.24. The topological polar surface area (TPSA) is 83.5 Å². The molecule has 0 aliphatic heterocycles. The van der Waals surface area contributed by atoms with E-state index in [9.17, 15) is 13.2 Å². The summed E-state index contributed by atoms with van der Waals surface area (Å²) in [6.07, 6.45) is 1.97. The van der Waals surface area contributed by atoms with Crippen molar-refractivity contribution in [3.63, 3.8) is 0 Å². The van der Waals surface area contributed by atoms with Crippen molar-refractivity contribution in [3.8, 4) is 0 Å². The number of benzene rings is 1. The molecule has 0 heterocycles. The van der Waals surface area contributed by atoms with Crippen LogP contribution in [0.5, 0.6) is 0 Å². The fourth-order valence-corrected chi connectivity index (χ4v) is 2.79. The molecule has 0 aliphatic rings. The van der Waals surface area contributed by atoms with Gasteiger partial charge in [-0.1, -0.05) is 25.5 Å². The monoisotopic (exact) mass is 285 g/mol. The lowest BCUT2D eigenvalue weighted by atomic mass is 10.1. The van der Waals surface area contributed by atoms with Gasteiger partial charge in [0.25, 0.3) is 0 Å². The zero-order valence-corrected chi connectivity index (χ0v) is 11.7. The lowest BCUT2D eigenvalue weighted by molar-refractivity contribution is -0.137. The van der Waals surface area contributed by atoms with Gasteiger partial charge in [0, 0.05) is 12.1 Å².